The number of carbonyl (C=O) groups is 2. The van der Waals surface area contributed by atoms with Crippen LogP contribution in [0.5, 0.6) is 0 Å². The predicted octanol–water partition coefficient (Wildman–Crippen LogP) is 3.47. The molecule has 0 unspecified atom stereocenters. The van der Waals surface area contributed by atoms with Gasteiger partial charge in [-0.25, -0.2) is 0 Å². The number of rotatable bonds is 11. The number of hydrogen-bond donors (Lipinski definition) is 1. The van der Waals surface area contributed by atoms with E-state index in [-0.39, 0.29) is 42.9 Å². The van der Waals surface area contributed by atoms with Crippen LogP contribution in [-0.4, -0.2) is 24.6 Å². The molecule has 6 nitrogen and oxygen atoms in total. The van der Waals surface area contributed by atoms with Crippen molar-refractivity contribution in [1.82, 2.24) is 5.32 Å². The molecule has 1 aliphatic heterocycles. The van der Waals surface area contributed by atoms with Gasteiger partial charge in [0.25, 0.3) is 0 Å². The molecule has 1 atom stereocenters. The van der Waals surface area contributed by atoms with Crippen LogP contribution in [0.25, 0.3) is 0 Å². The Morgan fingerprint density at radius 1 is 1.16 bits per heavy atom. The summed E-state index contributed by atoms with van der Waals surface area (Å²) in [5.74, 6) is -0.702. The first kappa shape index (κ1) is 19.1. The number of unbranched alkanes of at least 4 members (excludes halogenated alkanes) is 1. The van der Waals surface area contributed by atoms with Gasteiger partial charge in [-0.2, -0.15) is 10.2 Å². The Balaban J connectivity index is 1.68. The van der Waals surface area contributed by atoms with E-state index in [0.29, 0.717) is 6.54 Å². The van der Waals surface area contributed by atoms with E-state index >= 15 is 0 Å². The Morgan fingerprint density at radius 2 is 1.88 bits per heavy atom. The molecule has 136 valence electrons. The largest absolute Gasteiger partial charge is 0.461 e. The molecule has 0 bridgehead atoms. The number of nitrogens with zero attached hydrogens (tertiary/aromatic N) is 2. The lowest BCUT2D eigenvalue weighted by Crippen LogP contribution is -2.35. The quantitative estimate of drug-likeness (QED) is 0.492. The molecule has 1 N–H and O–H groups in total. The number of benzene rings is 1. The van der Waals surface area contributed by atoms with Gasteiger partial charge >= 0.3 is 5.97 Å². The molecule has 2 rings (SSSR count). The first-order valence-corrected chi connectivity index (χ1v) is 8.93. The summed E-state index contributed by atoms with van der Waals surface area (Å²) in [5, 5.41) is 10.6. The third kappa shape index (κ3) is 7.45. The van der Waals surface area contributed by atoms with Gasteiger partial charge in [0.05, 0.1) is 12.3 Å². The van der Waals surface area contributed by atoms with Crippen molar-refractivity contribution in [2.24, 2.45) is 22.1 Å². The van der Waals surface area contributed by atoms with E-state index in [1.54, 1.807) is 0 Å². The molecule has 0 aliphatic carbocycles. The minimum absolute atomic E-state index is 0.0764. The highest BCUT2D eigenvalue weighted by Crippen LogP contribution is 2.18. The topological polar surface area (TPSA) is 80.1 Å². The van der Waals surface area contributed by atoms with Gasteiger partial charge in [-0.1, -0.05) is 44.2 Å². The highest BCUT2D eigenvalue weighted by atomic mass is 16.5. The zero-order valence-corrected chi connectivity index (χ0v) is 15.0. The molecule has 0 spiro atoms. The first-order chi connectivity index (χ1) is 12.1. The van der Waals surface area contributed by atoms with Gasteiger partial charge in [-0.3, -0.25) is 9.59 Å². The monoisotopic (exact) mass is 345 g/mol. The second kappa shape index (κ2) is 9.91. The molecule has 0 aromatic heterocycles. The van der Waals surface area contributed by atoms with Crippen molar-refractivity contribution in [3.63, 3.8) is 0 Å². The minimum atomic E-state index is -0.364. The molecule has 0 fully saturated rings. The zero-order valence-electron chi connectivity index (χ0n) is 15.0. The highest BCUT2D eigenvalue weighted by molar-refractivity contribution is 5.83. The van der Waals surface area contributed by atoms with E-state index in [9.17, 15) is 9.59 Å². The number of esters is 1. The molecule has 6 heteroatoms. The third-order valence-electron chi connectivity index (χ3n) is 4.24. The van der Waals surface area contributed by atoms with E-state index < -0.39 is 0 Å². The summed E-state index contributed by atoms with van der Waals surface area (Å²) in [6.45, 7) is 4.76. The lowest BCUT2D eigenvalue weighted by molar-refractivity contribution is -0.148. The van der Waals surface area contributed by atoms with Gasteiger partial charge in [0.15, 0.2) is 6.17 Å². The van der Waals surface area contributed by atoms with Gasteiger partial charge in [-0.15, -0.1) is 0 Å². The molecule has 1 heterocycles. The Hall–Kier alpha value is -2.24. The molecular weight excluding hydrogens is 318 g/mol. The molecule has 0 saturated heterocycles. The average molecular weight is 345 g/mol. The van der Waals surface area contributed by atoms with Crippen molar-refractivity contribution in [3.8, 4) is 0 Å². The average Bonchev–Trinajstić information content (AvgIpc) is 3.42. The molecule has 0 saturated carbocycles. The first-order valence-electron chi connectivity index (χ1n) is 8.93. The van der Waals surface area contributed by atoms with Gasteiger partial charge in [-0.05, 0) is 30.7 Å². The Labute approximate surface area is 149 Å². The maximum atomic E-state index is 12.3. The summed E-state index contributed by atoms with van der Waals surface area (Å²) in [7, 11) is 0. The van der Waals surface area contributed by atoms with Crippen LogP contribution in [0.3, 0.4) is 0 Å². The Morgan fingerprint density at radius 3 is 2.52 bits per heavy atom. The highest BCUT2D eigenvalue weighted by Gasteiger charge is 2.25. The molecule has 1 aromatic carbocycles. The van der Waals surface area contributed by atoms with Crippen LogP contribution in [0.4, 0.5) is 0 Å². The molecule has 1 amide bonds. The van der Waals surface area contributed by atoms with Crippen LogP contribution < -0.4 is 5.32 Å². The van der Waals surface area contributed by atoms with Crippen molar-refractivity contribution in [2.75, 3.05) is 6.54 Å². The van der Waals surface area contributed by atoms with Crippen LogP contribution in [0.2, 0.25) is 0 Å². The summed E-state index contributed by atoms with van der Waals surface area (Å²) >= 11 is 0. The summed E-state index contributed by atoms with van der Waals surface area (Å²) in [5.41, 5.74) is 0.940. The van der Waals surface area contributed by atoms with Crippen molar-refractivity contribution in [1.29, 1.82) is 0 Å². The smallest absolute Gasteiger partial charge is 0.306 e. The van der Waals surface area contributed by atoms with Crippen molar-refractivity contribution >= 4 is 11.9 Å². The fraction of sp³-hybridized carbons (Fsp3) is 0.579. The number of amides is 1. The van der Waals surface area contributed by atoms with Crippen LogP contribution in [0, 0.1) is 11.8 Å². The van der Waals surface area contributed by atoms with Crippen LogP contribution in [0.15, 0.2) is 40.6 Å². The zero-order chi connectivity index (χ0) is 18.1. The molecule has 1 aliphatic rings. The molecule has 1 aromatic rings. The summed E-state index contributed by atoms with van der Waals surface area (Å²) < 4.78 is 5.30. The molecular formula is C19H27N3O3. The van der Waals surface area contributed by atoms with Crippen LogP contribution in [-0.2, 0) is 20.9 Å². The van der Waals surface area contributed by atoms with E-state index in [0.717, 1.165) is 24.8 Å². The van der Waals surface area contributed by atoms with Crippen molar-refractivity contribution in [2.45, 2.75) is 52.3 Å². The minimum Gasteiger partial charge on any atom is -0.461 e. The number of hydrogen-bond acceptors (Lipinski definition) is 5. The van der Waals surface area contributed by atoms with Gasteiger partial charge in [0.2, 0.25) is 5.91 Å². The SMILES string of the molecule is CC(C)[C@H](CC(=O)OCc1ccccc1)C(=O)NCCCCC1N=N1. The van der Waals surface area contributed by atoms with E-state index in [2.05, 4.69) is 15.5 Å². The summed E-state index contributed by atoms with van der Waals surface area (Å²) in [6, 6.07) is 9.53. The van der Waals surface area contributed by atoms with E-state index in [4.69, 9.17) is 4.74 Å². The molecule has 0 radical (unpaired) electrons. The van der Waals surface area contributed by atoms with E-state index in [1.165, 1.54) is 0 Å². The summed E-state index contributed by atoms with van der Waals surface area (Å²) in [4.78, 5) is 24.4. The standard InChI is InChI=1S/C19H27N3O3/c1-14(2)16(19(24)20-11-7-6-10-17-21-22-17)12-18(23)25-13-15-8-4-3-5-9-15/h3-5,8-9,14,16-17H,6-7,10-13H2,1-2H3,(H,20,24)/t16-/m0/s1. The maximum absolute atomic E-state index is 12.3. The van der Waals surface area contributed by atoms with Crippen LogP contribution in [0.1, 0.15) is 45.1 Å². The van der Waals surface area contributed by atoms with Crippen molar-refractivity contribution in [3.05, 3.63) is 35.9 Å². The number of nitrogens with one attached hydrogen (secondary N) is 1. The fourth-order valence-electron chi connectivity index (χ4n) is 2.56. The third-order valence-corrected chi connectivity index (χ3v) is 4.24. The van der Waals surface area contributed by atoms with Gasteiger partial charge in [0.1, 0.15) is 6.61 Å². The fourth-order valence-corrected chi connectivity index (χ4v) is 2.56. The Bertz CT molecular complexity index is 581. The normalized spacial score (nSPS) is 14.4. The second-order valence-electron chi connectivity index (χ2n) is 6.70. The lowest BCUT2D eigenvalue weighted by atomic mass is 9.91. The second-order valence-corrected chi connectivity index (χ2v) is 6.70. The maximum Gasteiger partial charge on any atom is 0.306 e. The molecule has 25 heavy (non-hydrogen) atoms. The van der Waals surface area contributed by atoms with Gasteiger partial charge < -0.3 is 10.1 Å². The number of ether oxygens (including phenoxy) is 1. The van der Waals surface area contributed by atoms with Crippen LogP contribution >= 0.6 is 0 Å². The lowest BCUT2D eigenvalue weighted by Gasteiger charge is -2.19. The Kier molecular flexibility index (Phi) is 7.57. The number of carbonyl (C=O) groups excluding carboxylic acids is 2. The predicted molar refractivity (Wildman–Crippen MR) is 94.7 cm³/mol. The van der Waals surface area contributed by atoms with Gasteiger partial charge in [0, 0.05) is 6.54 Å². The summed E-state index contributed by atoms with van der Waals surface area (Å²) in [6.07, 6.45) is 3.14. The van der Waals surface area contributed by atoms with E-state index in [1.807, 2.05) is 44.2 Å². The van der Waals surface area contributed by atoms with Crippen molar-refractivity contribution < 1.29 is 14.3 Å².